The number of carbonyl (C=O) groups is 2. The minimum Gasteiger partial charge on any atom is -0.344 e. The highest BCUT2D eigenvalue weighted by atomic mass is 16.2. The predicted octanol–water partition coefficient (Wildman–Crippen LogP) is 3.37. The Kier molecular flexibility index (Phi) is 4.88. The molecule has 1 atom stereocenters. The standard InChI is InChI=1S/C19H24N4O2/c1-11(2)16-10-17(23-22-16)19(25)20-12(3)13-6-8-15(9-7-13)21-18(24)14-4-5-14/h6-12,14H,4-5H2,1-3H3,(H,20,25)(H,21,24)(H,22,23). The molecule has 1 fully saturated rings. The van der Waals surface area contributed by atoms with E-state index in [1.807, 2.05) is 45.0 Å². The Bertz CT molecular complexity index is 760. The second-order valence-corrected chi connectivity index (χ2v) is 6.94. The molecule has 0 radical (unpaired) electrons. The number of nitrogens with zero attached hydrogens (tertiary/aromatic N) is 1. The zero-order valence-corrected chi connectivity index (χ0v) is 14.8. The SMILES string of the molecule is CC(C)c1cc(C(=O)NC(C)c2ccc(NC(=O)C3CC3)cc2)n[nH]1. The molecule has 1 aromatic heterocycles. The van der Waals surface area contributed by atoms with Crippen molar-refractivity contribution in [2.75, 3.05) is 5.32 Å². The third kappa shape index (κ3) is 4.26. The van der Waals surface area contributed by atoms with Crippen LogP contribution in [-0.2, 0) is 4.79 Å². The van der Waals surface area contributed by atoms with Gasteiger partial charge in [0.25, 0.3) is 5.91 Å². The van der Waals surface area contributed by atoms with Crippen molar-refractivity contribution in [2.45, 2.75) is 45.6 Å². The van der Waals surface area contributed by atoms with Crippen molar-refractivity contribution in [3.05, 3.63) is 47.3 Å². The van der Waals surface area contributed by atoms with Crippen LogP contribution in [-0.4, -0.2) is 22.0 Å². The number of rotatable bonds is 6. The number of aromatic nitrogens is 2. The first-order chi connectivity index (χ1) is 11.9. The molecule has 1 aliphatic carbocycles. The Labute approximate surface area is 147 Å². The van der Waals surface area contributed by atoms with E-state index < -0.39 is 0 Å². The quantitative estimate of drug-likeness (QED) is 0.753. The van der Waals surface area contributed by atoms with Gasteiger partial charge in [0.15, 0.2) is 0 Å². The van der Waals surface area contributed by atoms with Crippen molar-refractivity contribution in [3.63, 3.8) is 0 Å². The molecule has 1 heterocycles. The monoisotopic (exact) mass is 340 g/mol. The lowest BCUT2D eigenvalue weighted by Crippen LogP contribution is -2.27. The van der Waals surface area contributed by atoms with Gasteiger partial charge in [0.05, 0.1) is 6.04 Å². The van der Waals surface area contributed by atoms with Gasteiger partial charge in [-0.05, 0) is 49.4 Å². The number of hydrogen-bond donors (Lipinski definition) is 3. The molecule has 3 rings (SSSR count). The maximum absolute atomic E-state index is 12.3. The van der Waals surface area contributed by atoms with E-state index >= 15 is 0 Å². The summed E-state index contributed by atoms with van der Waals surface area (Å²) in [5, 5.41) is 12.8. The Morgan fingerprint density at radius 1 is 1.16 bits per heavy atom. The van der Waals surface area contributed by atoms with Crippen LogP contribution in [0.3, 0.4) is 0 Å². The second kappa shape index (κ2) is 7.09. The molecule has 25 heavy (non-hydrogen) atoms. The summed E-state index contributed by atoms with van der Waals surface area (Å²) in [5.74, 6) is 0.364. The third-order valence-electron chi connectivity index (χ3n) is 4.43. The lowest BCUT2D eigenvalue weighted by molar-refractivity contribution is -0.117. The highest BCUT2D eigenvalue weighted by Gasteiger charge is 2.29. The molecule has 132 valence electrons. The molecule has 6 nitrogen and oxygen atoms in total. The summed E-state index contributed by atoms with van der Waals surface area (Å²) in [6.45, 7) is 6.01. The van der Waals surface area contributed by atoms with Gasteiger partial charge < -0.3 is 10.6 Å². The Morgan fingerprint density at radius 2 is 1.84 bits per heavy atom. The lowest BCUT2D eigenvalue weighted by atomic mass is 10.1. The normalized spacial score (nSPS) is 15.0. The average Bonchev–Trinajstić information content (AvgIpc) is 3.31. The van der Waals surface area contributed by atoms with Crippen molar-refractivity contribution in [1.29, 1.82) is 0 Å². The summed E-state index contributed by atoms with van der Waals surface area (Å²) in [5.41, 5.74) is 3.09. The fourth-order valence-electron chi connectivity index (χ4n) is 2.55. The van der Waals surface area contributed by atoms with Gasteiger partial charge in [0.2, 0.25) is 5.91 Å². The first-order valence-corrected chi connectivity index (χ1v) is 8.71. The topological polar surface area (TPSA) is 86.9 Å². The van der Waals surface area contributed by atoms with Crippen LogP contribution in [0.4, 0.5) is 5.69 Å². The average molecular weight is 340 g/mol. The highest BCUT2D eigenvalue weighted by molar-refractivity contribution is 5.94. The fraction of sp³-hybridized carbons (Fsp3) is 0.421. The molecule has 3 N–H and O–H groups in total. The number of amides is 2. The summed E-state index contributed by atoms with van der Waals surface area (Å²) in [6.07, 6.45) is 1.97. The molecule has 1 aliphatic rings. The molecule has 2 aromatic rings. The van der Waals surface area contributed by atoms with E-state index in [1.165, 1.54) is 0 Å². The first-order valence-electron chi connectivity index (χ1n) is 8.71. The van der Waals surface area contributed by atoms with Gasteiger partial charge in [0.1, 0.15) is 5.69 Å². The Balaban J connectivity index is 1.58. The minimum atomic E-state index is -0.207. The molecule has 1 aromatic carbocycles. The van der Waals surface area contributed by atoms with E-state index in [-0.39, 0.29) is 23.8 Å². The van der Waals surface area contributed by atoms with Crippen LogP contribution in [0.2, 0.25) is 0 Å². The fourth-order valence-corrected chi connectivity index (χ4v) is 2.55. The first kappa shape index (κ1) is 17.2. The molecule has 2 amide bonds. The number of anilines is 1. The lowest BCUT2D eigenvalue weighted by Gasteiger charge is -2.14. The van der Waals surface area contributed by atoms with Crippen LogP contribution >= 0.6 is 0 Å². The van der Waals surface area contributed by atoms with Gasteiger partial charge >= 0.3 is 0 Å². The summed E-state index contributed by atoms with van der Waals surface area (Å²) < 4.78 is 0. The van der Waals surface area contributed by atoms with Crippen LogP contribution in [0.5, 0.6) is 0 Å². The summed E-state index contributed by atoms with van der Waals surface area (Å²) in [7, 11) is 0. The van der Waals surface area contributed by atoms with E-state index in [4.69, 9.17) is 0 Å². The third-order valence-corrected chi connectivity index (χ3v) is 4.43. The highest BCUT2D eigenvalue weighted by Crippen LogP contribution is 2.30. The number of carbonyl (C=O) groups excluding carboxylic acids is 2. The van der Waals surface area contributed by atoms with E-state index in [9.17, 15) is 9.59 Å². The van der Waals surface area contributed by atoms with Crippen molar-refractivity contribution >= 4 is 17.5 Å². The molecule has 0 spiro atoms. The zero-order valence-electron chi connectivity index (χ0n) is 14.8. The number of benzene rings is 1. The zero-order chi connectivity index (χ0) is 18.0. The van der Waals surface area contributed by atoms with E-state index in [2.05, 4.69) is 20.8 Å². The molecule has 0 bridgehead atoms. The smallest absolute Gasteiger partial charge is 0.272 e. The molecule has 6 heteroatoms. The van der Waals surface area contributed by atoms with Crippen LogP contribution < -0.4 is 10.6 Å². The van der Waals surface area contributed by atoms with Crippen molar-refractivity contribution in [3.8, 4) is 0 Å². The summed E-state index contributed by atoms with van der Waals surface area (Å²) in [4.78, 5) is 24.1. The second-order valence-electron chi connectivity index (χ2n) is 6.94. The minimum absolute atomic E-state index is 0.0913. The molecule has 0 saturated heterocycles. The largest absolute Gasteiger partial charge is 0.344 e. The number of aromatic amines is 1. The molecular weight excluding hydrogens is 316 g/mol. The molecule has 1 saturated carbocycles. The van der Waals surface area contributed by atoms with Crippen LogP contribution in [0.25, 0.3) is 0 Å². The van der Waals surface area contributed by atoms with E-state index in [0.29, 0.717) is 11.6 Å². The van der Waals surface area contributed by atoms with Crippen LogP contribution in [0.1, 0.15) is 67.3 Å². The van der Waals surface area contributed by atoms with Gasteiger partial charge in [-0.1, -0.05) is 26.0 Å². The molecular formula is C19H24N4O2. The number of H-pyrrole nitrogens is 1. The predicted molar refractivity (Wildman–Crippen MR) is 96.4 cm³/mol. The molecule has 0 aliphatic heterocycles. The van der Waals surface area contributed by atoms with Gasteiger partial charge in [-0.3, -0.25) is 14.7 Å². The van der Waals surface area contributed by atoms with Gasteiger partial charge in [0, 0.05) is 17.3 Å². The van der Waals surface area contributed by atoms with E-state index in [0.717, 1.165) is 29.8 Å². The van der Waals surface area contributed by atoms with Gasteiger partial charge in [-0.2, -0.15) is 5.10 Å². The maximum atomic E-state index is 12.3. The number of hydrogen-bond acceptors (Lipinski definition) is 3. The van der Waals surface area contributed by atoms with E-state index in [1.54, 1.807) is 6.07 Å². The summed E-state index contributed by atoms with van der Waals surface area (Å²) >= 11 is 0. The Hall–Kier alpha value is -2.63. The Morgan fingerprint density at radius 3 is 2.40 bits per heavy atom. The van der Waals surface area contributed by atoms with Crippen molar-refractivity contribution < 1.29 is 9.59 Å². The van der Waals surface area contributed by atoms with Crippen molar-refractivity contribution in [1.82, 2.24) is 15.5 Å². The maximum Gasteiger partial charge on any atom is 0.272 e. The van der Waals surface area contributed by atoms with Crippen LogP contribution in [0.15, 0.2) is 30.3 Å². The van der Waals surface area contributed by atoms with Crippen molar-refractivity contribution in [2.24, 2.45) is 5.92 Å². The van der Waals surface area contributed by atoms with Crippen LogP contribution in [0, 0.1) is 5.92 Å². The van der Waals surface area contributed by atoms with Gasteiger partial charge in [-0.25, -0.2) is 0 Å². The summed E-state index contributed by atoms with van der Waals surface area (Å²) in [6, 6.07) is 9.19. The van der Waals surface area contributed by atoms with Gasteiger partial charge in [-0.15, -0.1) is 0 Å². The molecule has 1 unspecified atom stereocenters. The number of nitrogens with one attached hydrogen (secondary N) is 3.